The van der Waals surface area contributed by atoms with Gasteiger partial charge in [0.1, 0.15) is 5.41 Å². The first-order chi connectivity index (χ1) is 13.2. The Kier molecular flexibility index (Phi) is 5.48. The molecular formula is C22H30N2O3. The zero-order valence-electron chi connectivity index (χ0n) is 16.0. The normalized spacial score (nSPS) is 24.6. The van der Waals surface area contributed by atoms with Crippen molar-refractivity contribution < 1.29 is 14.3 Å². The summed E-state index contributed by atoms with van der Waals surface area (Å²) in [4.78, 5) is 27.6. The Bertz CT molecular complexity index is 657. The maximum Gasteiger partial charge on any atom is 0.238 e. The number of amides is 2. The number of carbonyl (C=O) groups excluding carboxylic acids is 2. The first-order valence-electron chi connectivity index (χ1n) is 10.4. The molecule has 5 heteroatoms. The van der Waals surface area contributed by atoms with Crippen LogP contribution in [-0.4, -0.2) is 49.1 Å². The van der Waals surface area contributed by atoms with Crippen LogP contribution in [0.5, 0.6) is 0 Å². The van der Waals surface area contributed by atoms with Gasteiger partial charge in [-0.25, -0.2) is 0 Å². The Morgan fingerprint density at radius 3 is 2.48 bits per heavy atom. The molecule has 146 valence electrons. The van der Waals surface area contributed by atoms with Crippen molar-refractivity contribution in [3.8, 4) is 0 Å². The Morgan fingerprint density at radius 2 is 1.85 bits per heavy atom. The minimum absolute atomic E-state index is 0.0468. The molecule has 1 saturated carbocycles. The number of hydrogen-bond donors (Lipinski definition) is 1. The molecule has 2 saturated heterocycles. The molecule has 5 nitrogen and oxygen atoms in total. The van der Waals surface area contributed by atoms with Crippen LogP contribution < -0.4 is 5.32 Å². The number of hydrogen-bond acceptors (Lipinski definition) is 3. The molecule has 0 radical (unpaired) electrons. The zero-order valence-corrected chi connectivity index (χ0v) is 16.0. The lowest BCUT2D eigenvalue weighted by molar-refractivity contribution is -0.145. The van der Waals surface area contributed by atoms with E-state index in [1.54, 1.807) is 0 Å². The van der Waals surface area contributed by atoms with Crippen molar-refractivity contribution in [1.82, 2.24) is 10.2 Å². The molecule has 4 rings (SSSR count). The van der Waals surface area contributed by atoms with E-state index in [4.69, 9.17) is 4.74 Å². The molecule has 1 aromatic carbocycles. The van der Waals surface area contributed by atoms with Crippen molar-refractivity contribution in [3.05, 3.63) is 35.9 Å². The molecule has 3 aliphatic rings. The molecule has 1 aromatic rings. The standard InChI is InChI=1S/C22H30N2O3/c25-20(23-16-19-7-4-14-27-19)22(10-11-22)21(26)24-12-8-18(9-13-24)15-17-5-2-1-3-6-17/h1-3,5-6,18-19H,4,7-16H2,(H,23,25). The Balaban J connectivity index is 1.26. The number of piperidine rings is 1. The van der Waals surface area contributed by atoms with E-state index in [-0.39, 0.29) is 17.9 Å². The first kappa shape index (κ1) is 18.5. The Hall–Kier alpha value is -1.88. The molecule has 27 heavy (non-hydrogen) atoms. The van der Waals surface area contributed by atoms with Crippen LogP contribution in [0.3, 0.4) is 0 Å². The van der Waals surface area contributed by atoms with Crippen molar-refractivity contribution in [2.24, 2.45) is 11.3 Å². The largest absolute Gasteiger partial charge is 0.376 e. The van der Waals surface area contributed by atoms with Crippen LogP contribution in [0.4, 0.5) is 0 Å². The number of nitrogens with zero attached hydrogens (tertiary/aromatic N) is 1. The van der Waals surface area contributed by atoms with Gasteiger partial charge in [-0.15, -0.1) is 0 Å². The summed E-state index contributed by atoms with van der Waals surface area (Å²) in [5.41, 5.74) is 0.583. The van der Waals surface area contributed by atoms with Crippen molar-refractivity contribution in [3.63, 3.8) is 0 Å². The van der Waals surface area contributed by atoms with Crippen LogP contribution >= 0.6 is 0 Å². The monoisotopic (exact) mass is 370 g/mol. The predicted octanol–water partition coefficient (Wildman–Crippen LogP) is 2.54. The Morgan fingerprint density at radius 1 is 1.11 bits per heavy atom. The van der Waals surface area contributed by atoms with Crippen molar-refractivity contribution in [1.29, 1.82) is 0 Å². The highest BCUT2D eigenvalue weighted by Crippen LogP contribution is 2.48. The van der Waals surface area contributed by atoms with E-state index in [0.29, 0.717) is 25.3 Å². The summed E-state index contributed by atoms with van der Waals surface area (Å²) in [5, 5.41) is 2.98. The molecule has 1 atom stereocenters. The molecule has 0 aromatic heterocycles. The summed E-state index contributed by atoms with van der Waals surface area (Å²) < 4.78 is 5.56. The maximum absolute atomic E-state index is 13.0. The van der Waals surface area contributed by atoms with Gasteiger partial charge in [-0.2, -0.15) is 0 Å². The van der Waals surface area contributed by atoms with Gasteiger partial charge in [-0.05, 0) is 56.4 Å². The highest BCUT2D eigenvalue weighted by atomic mass is 16.5. The van der Waals surface area contributed by atoms with E-state index < -0.39 is 5.41 Å². The fourth-order valence-corrected chi connectivity index (χ4v) is 4.43. The van der Waals surface area contributed by atoms with Gasteiger partial charge in [-0.1, -0.05) is 30.3 Å². The smallest absolute Gasteiger partial charge is 0.238 e. The van der Waals surface area contributed by atoms with Crippen molar-refractivity contribution >= 4 is 11.8 Å². The van der Waals surface area contributed by atoms with Gasteiger partial charge in [0.2, 0.25) is 11.8 Å². The van der Waals surface area contributed by atoms with Gasteiger partial charge in [-0.3, -0.25) is 9.59 Å². The number of benzene rings is 1. The third kappa shape index (κ3) is 4.18. The average Bonchev–Trinajstić information content (AvgIpc) is 3.35. The van der Waals surface area contributed by atoms with Gasteiger partial charge < -0.3 is 15.0 Å². The van der Waals surface area contributed by atoms with Crippen LogP contribution in [0.1, 0.15) is 44.1 Å². The number of nitrogens with one attached hydrogen (secondary N) is 1. The molecular weight excluding hydrogens is 340 g/mol. The van der Waals surface area contributed by atoms with E-state index in [9.17, 15) is 9.59 Å². The summed E-state index contributed by atoms with van der Waals surface area (Å²) >= 11 is 0. The minimum Gasteiger partial charge on any atom is -0.376 e. The number of carbonyl (C=O) groups is 2. The molecule has 1 aliphatic carbocycles. The quantitative estimate of drug-likeness (QED) is 0.783. The van der Waals surface area contributed by atoms with E-state index in [0.717, 1.165) is 51.8 Å². The zero-order chi connectivity index (χ0) is 18.7. The fourth-order valence-electron chi connectivity index (χ4n) is 4.43. The van der Waals surface area contributed by atoms with E-state index >= 15 is 0 Å². The summed E-state index contributed by atoms with van der Waals surface area (Å²) in [6.07, 6.45) is 6.67. The van der Waals surface area contributed by atoms with Crippen LogP contribution in [-0.2, 0) is 20.7 Å². The molecule has 0 spiro atoms. The molecule has 2 heterocycles. The second-order valence-corrected chi connectivity index (χ2v) is 8.35. The maximum atomic E-state index is 13.0. The van der Waals surface area contributed by atoms with E-state index in [1.165, 1.54) is 5.56 Å². The topological polar surface area (TPSA) is 58.6 Å². The second-order valence-electron chi connectivity index (χ2n) is 8.35. The summed E-state index contributed by atoms with van der Waals surface area (Å²) in [6, 6.07) is 10.6. The van der Waals surface area contributed by atoms with Crippen LogP contribution in [0, 0.1) is 11.3 Å². The molecule has 2 amide bonds. The predicted molar refractivity (Wildman–Crippen MR) is 103 cm³/mol. The lowest BCUT2D eigenvalue weighted by Gasteiger charge is -2.34. The van der Waals surface area contributed by atoms with Gasteiger partial charge in [0.25, 0.3) is 0 Å². The fraction of sp³-hybridized carbons (Fsp3) is 0.636. The van der Waals surface area contributed by atoms with Gasteiger partial charge in [0.15, 0.2) is 0 Å². The van der Waals surface area contributed by atoms with Crippen molar-refractivity contribution in [2.45, 2.75) is 51.0 Å². The first-order valence-corrected chi connectivity index (χ1v) is 10.4. The van der Waals surface area contributed by atoms with Crippen LogP contribution in [0.15, 0.2) is 30.3 Å². The minimum atomic E-state index is -0.787. The number of ether oxygens (including phenoxy) is 1. The third-order valence-electron chi connectivity index (χ3n) is 6.38. The van der Waals surface area contributed by atoms with Gasteiger partial charge >= 0.3 is 0 Å². The molecule has 2 aliphatic heterocycles. The highest BCUT2D eigenvalue weighted by molar-refractivity contribution is 6.07. The van der Waals surface area contributed by atoms with Crippen LogP contribution in [0.25, 0.3) is 0 Å². The molecule has 1 unspecified atom stereocenters. The summed E-state index contributed by atoms with van der Waals surface area (Å²) in [6.45, 7) is 2.86. The van der Waals surface area contributed by atoms with E-state index in [2.05, 4.69) is 29.6 Å². The second kappa shape index (κ2) is 8.01. The Labute approximate surface area is 161 Å². The number of rotatable bonds is 6. The summed E-state index contributed by atoms with van der Waals surface area (Å²) in [5.74, 6) is 0.583. The highest BCUT2D eigenvalue weighted by Gasteiger charge is 2.58. The average molecular weight is 370 g/mol. The van der Waals surface area contributed by atoms with Crippen molar-refractivity contribution in [2.75, 3.05) is 26.2 Å². The molecule has 0 bridgehead atoms. The molecule has 3 fully saturated rings. The van der Waals surface area contributed by atoms with Crippen LogP contribution in [0.2, 0.25) is 0 Å². The summed E-state index contributed by atoms with van der Waals surface area (Å²) in [7, 11) is 0. The SMILES string of the molecule is O=C(NCC1CCCO1)C1(C(=O)N2CCC(Cc3ccccc3)CC2)CC1. The lowest BCUT2D eigenvalue weighted by Crippen LogP contribution is -2.49. The van der Waals surface area contributed by atoms with E-state index in [1.807, 2.05) is 11.0 Å². The molecule has 1 N–H and O–H groups in total. The third-order valence-corrected chi connectivity index (χ3v) is 6.38. The number of likely N-dealkylation sites (tertiary alicyclic amines) is 1. The van der Waals surface area contributed by atoms with Gasteiger partial charge in [0.05, 0.1) is 6.10 Å². The lowest BCUT2D eigenvalue weighted by atomic mass is 9.89. The van der Waals surface area contributed by atoms with Gasteiger partial charge in [0, 0.05) is 26.2 Å².